The van der Waals surface area contributed by atoms with Crippen molar-refractivity contribution < 1.29 is 4.74 Å². The average molecular weight is 472 g/mol. The standard InChI is InChI=1S/C20H32N4O.HI/c1-16(2)15-23-9-11-24(12-10-23)20(21-3)22-8-6-17-4-5-19-18(14-17)7-13-25-19;/h4-5,14,16H,6-13,15H2,1-3H3,(H,21,22);1H. The molecule has 1 aromatic rings. The molecule has 3 rings (SSSR count). The van der Waals surface area contributed by atoms with E-state index in [1.54, 1.807) is 0 Å². The van der Waals surface area contributed by atoms with Crippen LogP contribution in [0.4, 0.5) is 0 Å². The number of guanidine groups is 1. The lowest BCUT2D eigenvalue weighted by Crippen LogP contribution is -2.53. The molecule has 1 fully saturated rings. The van der Waals surface area contributed by atoms with Gasteiger partial charge in [0.1, 0.15) is 5.75 Å². The van der Waals surface area contributed by atoms with E-state index in [2.05, 4.69) is 52.2 Å². The summed E-state index contributed by atoms with van der Waals surface area (Å²) in [6.45, 7) is 11.9. The number of piperazine rings is 1. The molecule has 2 aliphatic heterocycles. The number of halogens is 1. The van der Waals surface area contributed by atoms with Crippen molar-refractivity contribution >= 4 is 29.9 Å². The first-order valence-corrected chi connectivity index (χ1v) is 9.58. The highest BCUT2D eigenvalue weighted by Gasteiger charge is 2.19. The summed E-state index contributed by atoms with van der Waals surface area (Å²) in [5.74, 6) is 2.84. The lowest BCUT2D eigenvalue weighted by Gasteiger charge is -2.37. The first-order chi connectivity index (χ1) is 12.2. The maximum absolute atomic E-state index is 5.58. The van der Waals surface area contributed by atoms with Gasteiger partial charge < -0.3 is 15.0 Å². The molecule has 1 aromatic carbocycles. The number of hydrogen-bond donors (Lipinski definition) is 1. The lowest BCUT2D eigenvalue weighted by atomic mass is 10.1. The summed E-state index contributed by atoms with van der Waals surface area (Å²) in [5, 5.41) is 3.54. The highest BCUT2D eigenvalue weighted by Crippen LogP contribution is 2.25. The minimum atomic E-state index is 0. The Morgan fingerprint density at radius 2 is 2.00 bits per heavy atom. The number of ether oxygens (including phenoxy) is 1. The lowest BCUT2D eigenvalue weighted by molar-refractivity contribution is 0.164. The van der Waals surface area contributed by atoms with Crippen LogP contribution in [-0.2, 0) is 12.8 Å². The van der Waals surface area contributed by atoms with E-state index in [0.29, 0.717) is 0 Å². The molecule has 6 heteroatoms. The van der Waals surface area contributed by atoms with Gasteiger partial charge in [-0.1, -0.05) is 26.0 Å². The molecule has 0 unspecified atom stereocenters. The second-order valence-corrected chi connectivity index (χ2v) is 7.45. The van der Waals surface area contributed by atoms with Gasteiger partial charge in [0.2, 0.25) is 0 Å². The Balaban J connectivity index is 0.00000243. The Hall–Kier alpha value is -1.02. The average Bonchev–Trinajstić information content (AvgIpc) is 3.07. The number of rotatable bonds is 5. The van der Waals surface area contributed by atoms with Crippen LogP contribution in [0.2, 0.25) is 0 Å². The molecule has 0 atom stereocenters. The van der Waals surface area contributed by atoms with E-state index in [4.69, 9.17) is 4.74 Å². The van der Waals surface area contributed by atoms with Gasteiger partial charge in [0.05, 0.1) is 6.61 Å². The molecule has 2 aliphatic rings. The van der Waals surface area contributed by atoms with Gasteiger partial charge in [-0.3, -0.25) is 9.89 Å². The molecule has 0 spiro atoms. The van der Waals surface area contributed by atoms with E-state index >= 15 is 0 Å². The Morgan fingerprint density at radius 3 is 2.69 bits per heavy atom. The zero-order valence-corrected chi connectivity index (χ0v) is 18.7. The van der Waals surface area contributed by atoms with Gasteiger partial charge >= 0.3 is 0 Å². The van der Waals surface area contributed by atoms with Crippen LogP contribution in [0.3, 0.4) is 0 Å². The maximum Gasteiger partial charge on any atom is 0.193 e. The molecule has 26 heavy (non-hydrogen) atoms. The molecule has 0 bridgehead atoms. The highest BCUT2D eigenvalue weighted by molar-refractivity contribution is 14.0. The van der Waals surface area contributed by atoms with Crippen LogP contribution >= 0.6 is 24.0 Å². The van der Waals surface area contributed by atoms with E-state index < -0.39 is 0 Å². The summed E-state index contributed by atoms with van der Waals surface area (Å²) in [7, 11) is 1.88. The Morgan fingerprint density at radius 1 is 1.23 bits per heavy atom. The number of nitrogens with one attached hydrogen (secondary N) is 1. The van der Waals surface area contributed by atoms with Crippen molar-refractivity contribution in [1.29, 1.82) is 0 Å². The number of aliphatic imine (C=N–C) groups is 1. The van der Waals surface area contributed by atoms with E-state index in [0.717, 1.165) is 69.8 Å². The molecule has 0 amide bonds. The van der Waals surface area contributed by atoms with Gasteiger partial charge in [0.15, 0.2) is 5.96 Å². The van der Waals surface area contributed by atoms with Gasteiger partial charge in [-0.15, -0.1) is 24.0 Å². The Labute approximate surface area is 175 Å². The highest BCUT2D eigenvalue weighted by atomic mass is 127. The van der Waals surface area contributed by atoms with Gasteiger partial charge in [0.25, 0.3) is 0 Å². The van der Waals surface area contributed by atoms with Gasteiger partial charge in [-0.05, 0) is 29.5 Å². The molecule has 5 nitrogen and oxygen atoms in total. The first kappa shape index (κ1) is 21.3. The van der Waals surface area contributed by atoms with Crippen LogP contribution in [0.1, 0.15) is 25.0 Å². The monoisotopic (exact) mass is 472 g/mol. The fourth-order valence-electron chi connectivity index (χ4n) is 3.70. The van der Waals surface area contributed by atoms with Crippen molar-refractivity contribution in [2.45, 2.75) is 26.7 Å². The number of nitrogens with zero attached hydrogens (tertiary/aromatic N) is 3. The van der Waals surface area contributed by atoms with Crippen molar-refractivity contribution in [3.05, 3.63) is 29.3 Å². The smallest absolute Gasteiger partial charge is 0.193 e. The Bertz CT molecular complexity index is 597. The van der Waals surface area contributed by atoms with Crippen LogP contribution in [0.15, 0.2) is 23.2 Å². The number of fused-ring (bicyclic) bond motifs is 1. The van der Waals surface area contributed by atoms with Crippen molar-refractivity contribution in [2.75, 3.05) is 52.9 Å². The summed E-state index contributed by atoms with van der Waals surface area (Å²) in [6.07, 6.45) is 2.05. The first-order valence-electron chi connectivity index (χ1n) is 9.58. The molecule has 0 aromatic heterocycles. The fourth-order valence-corrected chi connectivity index (χ4v) is 3.70. The SMILES string of the molecule is CN=C(NCCc1ccc2c(c1)CCO2)N1CCN(CC(C)C)CC1.I. The second-order valence-electron chi connectivity index (χ2n) is 7.45. The predicted octanol–water partition coefficient (Wildman–Crippen LogP) is 2.63. The van der Waals surface area contributed by atoms with E-state index in [1.165, 1.54) is 17.7 Å². The maximum atomic E-state index is 5.58. The summed E-state index contributed by atoms with van der Waals surface area (Å²) < 4.78 is 5.58. The largest absolute Gasteiger partial charge is 0.493 e. The van der Waals surface area contributed by atoms with E-state index in [-0.39, 0.29) is 24.0 Å². The topological polar surface area (TPSA) is 40.1 Å². The quantitative estimate of drug-likeness (QED) is 0.407. The molecular formula is C20H33IN4O. The van der Waals surface area contributed by atoms with E-state index in [9.17, 15) is 0 Å². The number of benzene rings is 1. The second kappa shape index (κ2) is 10.3. The summed E-state index contributed by atoms with van der Waals surface area (Å²) in [5.41, 5.74) is 2.72. The van der Waals surface area contributed by atoms with Crippen molar-refractivity contribution in [3.8, 4) is 5.75 Å². The molecule has 146 valence electrons. The van der Waals surface area contributed by atoms with Crippen LogP contribution in [0.25, 0.3) is 0 Å². The molecule has 0 radical (unpaired) electrons. The third kappa shape index (κ3) is 5.74. The van der Waals surface area contributed by atoms with Gasteiger partial charge in [-0.2, -0.15) is 0 Å². The minimum absolute atomic E-state index is 0. The molecule has 2 heterocycles. The van der Waals surface area contributed by atoms with E-state index in [1.807, 2.05) is 7.05 Å². The zero-order valence-electron chi connectivity index (χ0n) is 16.3. The van der Waals surface area contributed by atoms with Gasteiger partial charge in [-0.25, -0.2) is 0 Å². The summed E-state index contributed by atoms with van der Waals surface area (Å²) >= 11 is 0. The molecule has 1 saturated heterocycles. The predicted molar refractivity (Wildman–Crippen MR) is 119 cm³/mol. The van der Waals surface area contributed by atoms with Crippen LogP contribution in [-0.4, -0.2) is 68.7 Å². The third-order valence-corrected chi connectivity index (χ3v) is 4.96. The van der Waals surface area contributed by atoms with Crippen molar-refractivity contribution in [1.82, 2.24) is 15.1 Å². The normalized spacial score (nSPS) is 17.7. The fraction of sp³-hybridized carbons (Fsp3) is 0.650. The van der Waals surface area contributed by atoms with Crippen molar-refractivity contribution in [3.63, 3.8) is 0 Å². The van der Waals surface area contributed by atoms with Gasteiger partial charge in [0, 0.05) is 52.7 Å². The molecule has 0 saturated carbocycles. The van der Waals surface area contributed by atoms with Crippen molar-refractivity contribution in [2.24, 2.45) is 10.9 Å². The molecule has 0 aliphatic carbocycles. The number of hydrogen-bond acceptors (Lipinski definition) is 3. The molecular weight excluding hydrogens is 439 g/mol. The summed E-state index contributed by atoms with van der Waals surface area (Å²) in [6, 6.07) is 6.58. The summed E-state index contributed by atoms with van der Waals surface area (Å²) in [4.78, 5) is 9.42. The zero-order chi connectivity index (χ0) is 17.6. The van der Waals surface area contributed by atoms with Crippen LogP contribution < -0.4 is 10.1 Å². The third-order valence-electron chi connectivity index (χ3n) is 4.96. The van der Waals surface area contributed by atoms with Crippen LogP contribution in [0.5, 0.6) is 5.75 Å². The van der Waals surface area contributed by atoms with Crippen LogP contribution in [0, 0.1) is 5.92 Å². The molecule has 1 N–H and O–H groups in total. The Kier molecular flexibility index (Phi) is 8.47. The minimum Gasteiger partial charge on any atom is -0.493 e.